The number of amides is 1. The lowest BCUT2D eigenvalue weighted by Crippen LogP contribution is -2.20. The molecule has 0 aliphatic heterocycles. The predicted molar refractivity (Wildman–Crippen MR) is 77.0 cm³/mol. The van der Waals surface area contributed by atoms with Gasteiger partial charge in [-0.15, -0.1) is 0 Å². The van der Waals surface area contributed by atoms with Gasteiger partial charge in [0.1, 0.15) is 6.61 Å². The number of nitrogens with two attached hydrogens (primary N) is 1. The quantitative estimate of drug-likeness (QED) is 0.774. The molecule has 0 aliphatic carbocycles. The summed E-state index contributed by atoms with van der Waals surface area (Å²) in [7, 11) is -3.75. The molecule has 6 nitrogen and oxygen atoms in total. The van der Waals surface area contributed by atoms with E-state index in [1.165, 1.54) is 12.1 Å². The van der Waals surface area contributed by atoms with Gasteiger partial charge in [0.2, 0.25) is 15.9 Å². The number of hydrogen-bond donors (Lipinski definition) is 2. The minimum absolute atomic E-state index is 0.0241. The van der Waals surface area contributed by atoms with Crippen LogP contribution in [0.1, 0.15) is 24.5 Å². The number of rotatable bonds is 6. The highest BCUT2D eigenvalue weighted by Crippen LogP contribution is 2.24. The Hall–Kier alpha value is -1.44. The summed E-state index contributed by atoms with van der Waals surface area (Å²) in [5.41, 5.74) is 1.86. The van der Waals surface area contributed by atoms with E-state index in [0.29, 0.717) is 23.4 Å². The van der Waals surface area contributed by atoms with Gasteiger partial charge in [-0.3, -0.25) is 4.79 Å². The topological polar surface area (TPSA) is 98.5 Å². The Morgan fingerprint density at radius 3 is 2.30 bits per heavy atom. The SMILES string of the molecule is CCCOCC(=O)Nc1c(C)cc(S(N)(=O)=O)cc1C. The molecule has 0 bridgehead atoms. The van der Waals surface area contributed by atoms with Crippen molar-refractivity contribution in [3.8, 4) is 0 Å². The normalized spacial score (nSPS) is 11.4. The Kier molecular flexibility index (Phi) is 5.67. The summed E-state index contributed by atoms with van der Waals surface area (Å²) < 4.78 is 27.8. The van der Waals surface area contributed by atoms with Crippen molar-refractivity contribution in [3.05, 3.63) is 23.3 Å². The third-order valence-electron chi connectivity index (χ3n) is 2.68. The monoisotopic (exact) mass is 300 g/mol. The van der Waals surface area contributed by atoms with Gasteiger partial charge in [0.25, 0.3) is 0 Å². The van der Waals surface area contributed by atoms with Crippen molar-refractivity contribution >= 4 is 21.6 Å². The number of nitrogens with one attached hydrogen (secondary N) is 1. The molecule has 0 spiro atoms. The number of aryl methyl sites for hydroxylation is 2. The van der Waals surface area contributed by atoms with E-state index in [2.05, 4.69) is 5.32 Å². The second-order valence-corrected chi connectivity index (χ2v) is 6.14. The van der Waals surface area contributed by atoms with Crippen LogP contribution in [0.25, 0.3) is 0 Å². The molecular weight excluding hydrogens is 280 g/mol. The van der Waals surface area contributed by atoms with Crippen molar-refractivity contribution in [1.82, 2.24) is 0 Å². The zero-order chi connectivity index (χ0) is 15.3. The summed E-state index contributed by atoms with van der Waals surface area (Å²) in [5.74, 6) is -0.270. The molecular formula is C13H20N2O4S. The van der Waals surface area contributed by atoms with Gasteiger partial charge in [0, 0.05) is 12.3 Å². The molecule has 20 heavy (non-hydrogen) atoms. The second kappa shape index (κ2) is 6.83. The maximum Gasteiger partial charge on any atom is 0.250 e. The van der Waals surface area contributed by atoms with Crippen molar-refractivity contribution in [2.45, 2.75) is 32.1 Å². The van der Waals surface area contributed by atoms with Crippen LogP contribution in [-0.4, -0.2) is 27.5 Å². The molecule has 1 aromatic carbocycles. The Morgan fingerprint density at radius 1 is 1.30 bits per heavy atom. The van der Waals surface area contributed by atoms with Crippen molar-refractivity contribution in [1.29, 1.82) is 0 Å². The number of carbonyl (C=O) groups is 1. The second-order valence-electron chi connectivity index (χ2n) is 4.58. The van der Waals surface area contributed by atoms with Gasteiger partial charge < -0.3 is 10.1 Å². The minimum Gasteiger partial charge on any atom is -0.372 e. The van der Waals surface area contributed by atoms with Gasteiger partial charge in [0.15, 0.2) is 0 Å². The van der Waals surface area contributed by atoms with E-state index in [0.717, 1.165) is 6.42 Å². The van der Waals surface area contributed by atoms with E-state index in [4.69, 9.17) is 9.88 Å². The van der Waals surface area contributed by atoms with Crippen molar-refractivity contribution in [2.24, 2.45) is 5.14 Å². The molecule has 0 radical (unpaired) electrons. The average Bonchev–Trinajstić information content (AvgIpc) is 2.32. The van der Waals surface area contributed by atoms with Crippen LogP contribution in [0, 0.1) is 13.8 Å². The fraction of sp³-hybridized carbons (Fsp3) is 0.462. The van der Waals surface area contributed by atoms with Gasteiger partial charge in [0.05, 0.1) is 4.90 Å². The number of sulfonamides is 1. The molecule has 1 rings (SSSR count). The fourth-order valence-corrected chi connectivity index (χ4v) is 2.45. The summed E-state index contributed by atoms with van der Waals surface area (Å²) in [4.78, 5) is 11.7. The van der Waals surface area contributed by atoms with Crippen LogP contribution in [0.5, 0.6) is 0 Å². The summed E-state index contributed by atoms with van der Waals surface area (Å²) in [6, 6.07) is 2.87. The van der Waals surface area contributed by atoms with Crippen LogP contribution >= 0.6 is 0 Å². The number of anilines is 1. The molecule has 112 valence electrons. The third-order valence-corrected chi connectivity index (χ3v) is 3.57. The highest BCUT2D eigenvalue weighted by atomic mass is 32.2. The first-order valence-corrected chi connectivity index (χ1v) is 7.82. The van der Waals surface area contributed by atoms with E-state index in [-0.39, 0.29) is 17.4 Å². The van der Waals surface area contributed by atoms with E-state index in [9.17, 15) is 13.2 Å². The maximum atomic E-state index is 11.7. The van der Waals surface area contributed by atoms with Crippen molar-refractivity contribution in [3.63, 3.8) is 0 Å². The standard InChI is InChI=1S/C13H20N2O4S/c1-4-5-19-8-12(16)15-13-9(2)6-11(7-10(13)3)20(14,17)18/h6-7H,4-5,8H2,1-3H3,(H,15,16)(H2,14,17,18). The maximum absolute atomic E-state index is 11.7. The van der Waals surface area contributed by atoms with Gasteiger partial charge in [-0.25, -0.2) is 13.6 Å². The number of benzene rings is 1. The Balaban J connectivity index is 2.90. The van der Waals surface area contributed by atoms with Crippen molar-refractivity contribution < 1.29 is 17.9 Å². The molecule has 3 N–H and O–H groups in total. The number of hydrogen-bond acceptors (Lipinski definition) is 4. The molecule has 0 aromatic heterocycles. The Morgan fingerprint density at radius 2 is 1.85 bits per heavy atom. The minimum atomic E-state index is -3.75. The lowest BCUT2D eigenvalue weighted by Gasteiger charge is -2.13. The van der Waals surface area contributed by atoms with Crippen LogP contribution < -0.4 is 10.5 Å². The smallest absolute Gasteiger partial charge is 0.250 e. The van der Waals surface area contributed by atoms with Crippen LogP contribution in [-0.2, 0) is 19.6 Å². The molecule has 0 heterocycles. The van der Waals surface area contributed by atoms with E-state index in [1.807, 2.05) is 6.92 Å². The van der Waals surface area contributed by atoms with Crippen LogP contribution in [0.15, 0.2) is 17.0 Å². The van der Waals surface area contributed by atoms with E-state index < -0.39 is 10.0 Å². The molecule has 1 amide bonds. The van der Waals surface area contributed by atoms with Crippen LogP contribution in [0.3, 0.4) is 0 Å². The molecule has 0 aliphatic rings. The molecule has 1 aromatic rings. The van der Waals surface area contributed by atoms with E-state index in [1.54, 1.807) is 13.8 Å². The predicted octanol–water partition coefficient (Wildman–Crippen LogP) is 1.32. The highest BCUT2D eigenvalue weighted by Gasteiger charge is 2.14. The summed E-state index contributed by atoms with van der Waals surface area (Å²) in [6.45, 7) is 5.88. The molecule has 0 saturated carbocycles. The first-order chi connectivity index (χ1) is 9.25. The average molecular weight is 300 g/mol. The molecule has 7 heteroatoms. The fourth-order valence-electron chi connectivity index (χ4n) is 1.77. The van der Waals surface area contributed by atoms with E-state index >= 15 is 0 Å². The lowest BCUT2D eigenvalue weighted by molar-refractivity contribution is -0.120. The number of ether oxygens (including phenoxy) is 1. The number of carbonyl (C=O) groups excluding carboxylic acids is 1. The summed E-state index contributed by atoms with van der Waals surface area (Å²) in [6.07, 6.45) is 0.842. The van der Waals surface area contributed by atoms with Crippen LogP contribution in [0.4, 0.5) is 5.69 Å². The van der Waals surface area contributed by atoms with Gasteiger partial charge >= 0.3 is 0 Å². The zero-order valence-corrected chi connectivity index (χ0v) is 12.7. The Bertz CT molecular complexity index is 573. The molecule has 0 atom stereocenters. The number of primary sulfonamides is 1. The largest absolute Gasteiger partial charge is 0.372 e. The zero-order valence-electron chi connectivity index (χ0n) is 11.9. The Labute approximate surface area is 119 Å². The summed E-state index contributed by atoms with van der Waals surface area (Å²) in [5, 5.41) is 7.81. The van der Waals surface area contributed by atoms with Crippen molar-refractivity contribution in [2.75, 3.05) is 18.5 Å². The summed E-state index contributed by atoms with van der Waals surface area (Å²) >= 11 is 0. The van der Waals surface area contributed by atoms with Gasteiger partial charge in [-0.2, -0.15) is 0 Å². The molecule has 0 fully saturated rings. The first-order valence-electron chi connectivity index (χ1n) is 6.27. The van der Waals surface area contributed by atoms with Crippen LogP contribution in [0.2, 0.25) is 0 Å². The third kappa shape index (κ3) is 4.59. The molecule has 0 unspecified atom stereocenters. The highest BCUT2D eigenvalue weighted by molar-refractivity contribution is 7.89. The van der Waals surface area contributed by atoms with Gasteiger partial charge in [-0.05, 0) is 43.5 Å². The van der Waals surface area contributed by atoms with Gasteiger partial charge in [-0.1, -0.05) is 6.92 Å². The molecule has 0 saturated heterocycles. The lowest BCUT2D eigenvalue weighted by atomic mass is 10.1. The first kappa shape index (κ1) is 16.6.